The molecule has 0 spiro atoms. The number of rotatable bonds is 3. The second kappa shape index (κ2) is 6.54. The van der Waals surface area contributed by atoms with Crippen LogP contribution in [0.5, 0.6) is 0 Å². The maximum Gasteiger partial charge on any atom is 0.264 e. The van der Waals surface area contributed by atoms with E-state index in [1.165, 1.54) is 0 Å². The van der Waals surface area contributed by atoms with Crippen LogP contribution in [0.15, 0.2) is 36.4 Å². The molecule has 0 atom stereocenters. The lowest BCUT2D eigenvalue weighted by Gasteiger charge is -2.36. The van der Waals surface area contributed by atoms with E-state index in [9.17, 15) is 9.59 Å². The fraction of sp³-hybridized carbons (Fsp3) is 0.333. The lowest BCUT2D eigenvalue weighted by atomic mass is 10.1. The molecule has 3 rings (SSSR count). The first-order chi connectivity index (χ1) is 11.0. The summed E-state index contributed by atoms with van der Waals surface area (Å²) >= 11 is 1.55. The maximum atomic E-state index is 12.5. The van der Waals surface area contributed by atoms with Crippen molar-refractivity contribution in [3.8, 4) is 0 Å². The van der Waals surface area contributed by atoms with Crippen LogP contribution in [0.1, 0.15) is 31.8 Å². The van der Waals surface area contributed by atoms with Crippen molar-refractivity contribution in [3.05, 3.63) is 51.7 Å². The predicted octanol–water partition coefficient (Wildman–Crippen LogP) is 3.22. The Morgan fingerprint density at radius 3 is 2.13 bits per heavy atom. The zero-order valence-corrected chi connectivity index (χ0v) is 14.2. The van der Waals surface area contributed by atoms with E-state index in [0.29, 0.717) is 0 Å². The molecule has 1 saturated heterocycles. The van der Waals surface area contributed by atoms with Gasteiger partial charge in [-0.25, -0.2) is 0 Å². The van der Waals surface area contributed by atoms with Gasteiger partial charge in [0.05, 0.1) is 4.88 Å². The molecule has 1 fully saturated rings. The topological polar surface area (TPSA) is 40.6 Å². The maximum absolute atomic E-state index is 12.5. The van der Waals surface area contributed by atoms with E-state index in [1.807, 2.05) is 48.2 Å². The molecule has 120 valence electrons. The Morgan fingerprint density at radius 2 is 1.61 bits per heavy atom. The highest BCUT2D eigenvalue weighted by Crippen LogP contribution is 2.21. The Balaban J connectivity index is 1.61. The van der Waals surface area contributed by atoms with Gasteiger partial charge in [-0.1, -0.05) is 0 Å². The SMILES string of the molecule is CC(=O)c1ccc(N2CCN(C(=O)c3ccc(C)s3)CC2)cc1. The minimum atomic E-state index is 0.0817. The van der Waals surface area contributed by atoms with Crippen molar-refractivity contribution in [1.29, 1.82) is 0 Å². The zero-order chi connectivity index (χ0) is 16.4. The van der Waals surface area contributed by atoms with Crippen molar-refractivity contribution in [2.45, 2.75) is 13.8 Å². The van der Waals surface area contributed by atoms with Crippen molar-refractivity contribution < 1.29 is 9.59 Å². The highest BCUT2D eigenvalue weighted by Gasteiger charge is 2.23. The van der Waals surface area contributed by atoms with E-state index in [1.54, 1.807) is 18.3 Å². The van der Waals surface area contributed by atoms with Gasteiger partial charge < -0.3 is 9.80 Å². The molecule has 1 aliphatic rings. The van der Waals surface area contributed by atoms with Crippen LogP contribution in [0, 0.1) is 6.92 Å². The summed E-state index contributed by atoms with van der Waals surface area (Å²) in [4.78, 5) is 30.0. The second-order valence-corrected chi connectivity index (χ2v) is 7.08. The molecule has 0 bridgehead atoms. The summed E-state index contributed by atoms with van der Waals surface area (Å²) in [5, 5.41) is 0. The Kier molecular flexibility index (Phi) is 4.48. The number of hydrogen-bond acceptors (Lipinski definition) is 4. The minimum Gasteiger partial charge on any atom is -0.368 e. The molecular formula is C18H20N2O2S. The number of thiophene rings is 1. The third-order valence-corrected chi connectivity index (χ3v) is 5.15. The molecular weight excluding hydrogens is 308 g/mol. The van der Waals surface area contributed by atoms with E-state index in [4.69, 9.17) is 0 Å². The second-order valence-electron chi connectivity index (χ2n) is 5.79. The number of aryl methyl sites for hydroxylation is 1. The molecule has 4 nitrogen and oxygen atoms in total. The van der Waals surface area contributed by atoms with Crippen LogP contribution in [-0.4, -0.2) is 42.8 Å². The number of benzene rings is 1. The summed E-state index contributed by atoms with van der Waals surface area (Å²) < 4.78 is 0. The van der Waals surface area contributed by atoms with Gasteiger partial charge in [0.25, 0.3) is 5.91 Å². The number of Topliss-reactive ketones (excluding diaryl/α,β-unsaturated/α-hetero) is 1. The molecule has 5 heteroatoms. The van der Waals surface area contributed by atoms with Gasteiger partial charge in [0, 0.05) is 42.3 Å². The summed E-state index contributed by atoms with van der Waals surface area (Å²) in [6, 6.07) is 11.6. The van der Waals surface area contributed by atoms with Gasteiger partial charge in [0.15, 0.2) is 5.78 Å². The van der Waals surface area contributed by atoms with E-state index in [-0.39, 0.29) is 11.7 Å². The molecule has 23 heavy (non-hydrogen) atoms. The van der Waals surface area contributed by atoms with Crippen LogP contribution in [0.2, 0.25) is 0 Å². The number of piperazine rings is 1. The number of anilines is 1. The first kappa shape index (κ1) is 15.7. The largest absolute Gasteiger partial charge is 0.368 e. The number of hydrogen-bond donors (Lipinski definition) is 0. The Bertz CT molecular complexity index is 713. The summed E-state index contributed by atoms with van der Waals surface area (Å²) in [5.74, 6) is 0.216. The smallest absolute Gasteiger partial charge is 0.264 e. The lowest BCUT2D eigenvalue weighted by molar-refractivity contribution is 0.0751. The van der Waals surface area contributed by atoms with Gasteiger partial charge in [0.2, 0.25) is 0 Å². The number of nitrogens with zero attached hydrogens (tertiary/aromatic N) is 2. The molecule has 0 unspecified atom stereocenters. The van der Waals surface area contributed by atoms with E-state index in [2.05, 4.69) is 4.90 Å². The fourth-order valence-corrected chi connectivity index (χ4v) is 3.62. The van der Waals surface area contributed by atoms with Gasteiger partial charge in [-0.15, -0.1) is 11.3 Å². The van der Waals surface area contributed by atoms with Crippen molar-refractivity contribution in [3.63, 3.8) is 0 Å². The monoisotopic (exact) mass is 328 g/mol. The number of carbonyl (C=O) groups is 2. The van der Waals surface area contributed by atoms with Crippen LogP contribution in [0.3, 0.4) is 0 Å². The van der Waals surface area contributed by atoms with Crippen LogP contribution >= 0.6 is 11.3 Å². The Morgan fingerprint density at radius 1 is 0.957 bits per heavy atom. The first-order valence-corrected chi connectivity index (χ1v) is 8.58. The van der Waals surface area contributed by atoms with E-state index in [0.717, 1.165) is 47.2 Å². The van der Waals surface area contributed by atoms with Gasteiger partial charge in [-0.3, -0.25) is 9.59 Å². The summed E-state index contributed by atoms with van der Waals surface area (Å²) in [7, 11) is 0. The van der Waals surface area contributed by atoms with Crippen LogP contribution in [0.4, 0.5) is 5.69 Å². The Hall–Kier alpha value is -2.14. The summed E-state index contributed by atoms with van der Waals surface area (Å²) in [6.07, 6.45) is 0. The molecule has 1 aromatic heterocycles. The highest BCUT2D eigenvalue weighted by molar-refractivity contribution is 7.13. The van der Waals surface area contributed by atoms with Crippen LogP contribution in [0.25, 0.3) is 0 Å². The minimum absolute atomic E-state index is 0.0817. The molecule has 1 amide bonds. The third kappa shape index (κ3) is 3.45. The first-order valence-electron chi connectivity index (χ1n) is 7.76. The molecule has 1 aromatic carbocycles. The van der Waals surface area contributed by atoms with Crippen molar-refractivity contribution in [2.75, 3.05) is 31.1 Å². The van der Waals surface area contributed by atoms with Gasteiger partial charge >= 0.3 is 0 Å². The van der Waals surface area contributed by atoms with Gasteiger partial charge in [-0.2, -0.15) is 0 Å². The summed E-state index contributed by atoms with van der Waals surface area (Å²) in [5.41, 5.74) is 1.84. The van der Waals surface area contributed by atoms with Crippen molar-refractivity contribution >= 4 is 28.7 Å². The normalized spacial score (nSPS) is 14.9. The molecule has 0 aliphatic carbocycles. The average molecular weight is 328 g/mol. The number of carbonyl (C=O) groups excluding carboxylic acids is 2. The number of amides is 1. The summed E-state index contributed by atoms with van der Waals surface area (Å²) in [6.45, 7) is 6.68. The molecule has 2 heterocycles. The molecule has 0 N–H and O–H groups in total. The molecule has 0 saturated carbocycles. The third-order valence-electron chi connectivity index (χ3n) is 4.16. The fourth-order valence-electron chi connectivity index (χ4n) is 2.78. The Labute approximate surface area is 140 Å². The van der Waals surface area contributed by atoms with Gasteiger partial charge in [0.1, 0.15) is 0 Å². The lowest BCUT2D eigenvalue weighted by Crippen LogP contribution is -2.48. The quantitative estimate of drug-likeness (QED) is 0.812. The van der Waals surface area contributed by atoms with Crippen molar-refractivity contribution in [1.82, 2.24) is 4.90 Å². The van der Waals surface area contributed by atoms with Crippen LogP contribution < -0.4 is 4.90 Å². The predicted molar refractivity (Wildman–Crippen MR) is 93.6 cm³/mol. The molecule has 0 radical (unpaired) electrons. The average Bonchev–Trinajstić information content (AvgIpc) is 3.01. The van der Waals surface area contributed by atoms with E-state index < -0.39 is 0 Å². The van der Waals surface area contributed by atoms with Crippen LogP contribution in [-0.2, 0) is 0 Å². The zero-order valence-electron chi connectivity index (χ0n) is 13.4. The van der Waals surface area contributed by atoms with E-state index >= 15 is 0 Å². The molecule has 2 aromatic rings. The molecule has 1 aliphatic heterocycles. The standard InChI is InChI=1S/C18H20N2O2S/c1-13-3-8-17(23-13)18(22)20-11-9-19(10-12-20)16-6-4-15(5-7-16)14(2)21/h3-8H,9-12H2,1-2H3. The number of ketones is 1. The van der Waals surface area contributed by atoms with Crippen molar-refractivity contribution in [2.24, 2.45) is 0 Å². The van der Waals surface area contributed by atoms with Gasteiger partial charge in [-0.05, 0) is 50.2 Å². The highest BCUT2D eigenvalue weighted by atomic mass is 32.1.